The van der Waals surface area contributed by atoms with Gasteiger partial charge in [0.1, 0.15) is 0 Å². The summed E-state index contributed by atoms with van der Waals surface area (Å²) < 4.78 is 12.7. The van der Waals surface area contributed by atoms with Gasteiger partial charge in [-0.25, -0.2) is 0 Å². The highest BCUT2D eigenvalue weighted by atomic mass is 19.1. The van der Waals surface area contributed by atoms with Crippen LogP contribution in [0.2, 0.25) is 0 Å². The molecule has 1 heteroatoms. The highest BCUT2D eigenvalue weighted by Gasteiger charge is 2.47. The standard InChI is InChI=1S/C28H37F/c29-22-10-11-23-16-18-26(19-17-23)28(20-8-3-9-21-28)27(24-12-4-1-5-13-24)25-14-6-2-7-15-25/h1-2,4-7,12-15,23,26-27H,3,8-11,16-22H2. The van der Waals surface area contributed by atoms with Gasteiger partial charge in [0.15, 0.2) is 0 Å². The quantitative estimate of drug-likeness (QED) is 0.444. The molecule has 0 heterocycles. The molecule has 2 saturated carbocycles. The average Bonchev–Trinajstić information content (AvgIpc) is 2.80. The van der Waals surface area contributed by atoms with Gasteiger partial charge in [0.05, 0.1) is 6.67 Å². The van der Waals surface area contributed by atoms with E-state index in [2.05, 4.69) is 60.7 Å². The summed E-state index contributed by atoms with van der Waals surface area (Å²) in [5.74, 6) is 2.06. The number of alkyl halides is 1. The van der Waals surface area contributed by atoms with E-state index in [1.54, 1.807) is 0 Å². The molecule has 0 radical (unpaired) electrons. The molecule has 0 bridgehead atoms. The van der Waals surface area contributed by atoms with Crippen LogP contribution >= 0.6 is 0 Å². The predicted molar refractivity (Wildman–Crippen MR) is 121 cm³/mol. The largest absolute Gasteiger partial charge is 0.251 e. The molecule has 156 valence electrons. The van der Waals surface area contributed by atoms with Gasteiger partial charge in [0.25, 0.3) is 0 Å². The van der Waals surface area contributed by atoms with Crippen molar-refractivity contribution in [1.82, 2.24) is 0 Å². The Kier molecular flexibility index (Phi) is 7.06. The van der Waals surface area contributed by atoms with Gasteiger partial charge in [-0.1, -0.05) is 92.8 Å². The second-order valence-electron chi connectivity index (χ2n) is 9.60. The Morgan fingerprint density at radius 3 is 1.83 bits per heavy atom. The van der Waals surface area contributed by atoms with Crippen LogP contribution in [0.15, 0.2) is 60.7 Å². The number of hydrogen-bond donors (Lipinski definition) is 0. The van der Waals surface area contributed by atoms with Crippen LogP contribution in [0.5, 0.6) is 0 Å². The van der Waals surface area contributed by atoms with Crippen molar-refractivity contribution < 1.29 is 4.39 Å². The molecule has 0 N–H and O–H groups in total. The van der Waals surface area contributed by atoms with Crippen molar-refractivity contribution >= 4 is 0 Å². The maximum absolute atomic E-state index is 12.7. The van der Waals surface area contributed by atoms with Gasteiger partial charge in [-0.05, 0) is 66.9 Å². The summed E-state index contributed by atoms with van der Waals surface area (Å²) in [7, 11) is 0. The molecule has 29 heavy (non-hydrogen) atoms. The van der Waals surface area contributed by atoms with Gasteiger partial charge < -0.3 is 0 Å². The molecule has 0 amide bonds. The highest BCUT2D eigenvalue weighted by molar-refractivity contribution is 5.36. The molecular formula is C28H37F. The van der Waals surface area contributed by atoms with Crippen molar-refractivity contribution in [1.29, 1.82) is 0 Å². The highest BCUT2D eigenvalue weighted by Crippen LogP contribution is 2.58. The summed E-state index contributed by atoms with van der Waals surface area (Å²) >= 11 is 0. The van der Waals surface area contributed by atoms with E-state index in [-0.39, 0.29) is 6.67 Å². The first-order valence-electron chi connectivity index (χ1n) is 12.0. The third-order valence-corrected chi connectivity index (χ3v) is 8.03. The van der Waals surface area contributed by atoms with Crippen molar-refractivity contribution in [2.75, 3.05) is 6.67 Å². The zero-order chi connectivity index (χ0) is 19.9. The van der Waals surface area contributed by atoms with Gasteiger partial charge >= 0.3 is 0 Å². The van der Waals surface area contributed by atoms with Gasteiger partial charge in [-0.15, -0.1) is 0 Å². The zero-order valence-corrected chi connectivity index (χ0v) is 17.9. The topological polar surface area (TPSA) is 0 Å². The lowest BCUT2D eigenvalue weighted by molar-refractivity contribution is 0.0371. The molecule has 0 saturated heterocycles. The van der Waals surface area contributed by atoms with E-state index in [0.717, 1.165) is 24.7 Å². The van der Waals surface area contributed by atoms with Crippen molar-refractivity contribution in [3.63, 3.8) is 0 Å². The Morgan fingerprint density at radius 2 is 1.31 bits per heavy atom. The first-order valence-corrected chi connectivity index (χ1v) is 12.0. The maximum Gasteiger partial charge on any atom is 0.0894 e. The van der Waals surface area contributed by atoms with Crippen molar-refractivity contribution in [3.05, 3.63) is 71.8 Å². The maximum atomic E-state index is 12.7. The Morgan fingerprint density at radius 1 is 0.759 bits per heavy atom. The van der Waals surface area contributed by atoms with E-state index in [1.807, 2.05) is 0 Å². The van der Waals surface area contributed by atoms with E-state index >= 15 is 0 Å². The fraction of sp³-hybridized carbons (Fsp3) is 0.571. The lowest BCUT2D eigenvalue weighted by atomic mass is 9.53. The Balaban J connectivity index is 1.66. The molecule has 0 nitrogen and oxygen atoms in total. The van der Waals surface area contributed by atoms with Crippen LogP contribution in [0, 0.1) is 17.3 Å². The third-order valence-electron chi connectivity index (χ3n) is 8.03. The second-order valence-corrected chi connectivity index (χ2v) is 9.60. The molecule has 0 unspecified atom stereocenters. The summed E-state index contributed by atoms with van der Waals surface area (Å²) in [6.45, 7) is -0.145. The fourth-order valence-corrected chi connectivity index (χ4v) is 6.68. The predicted octanol–water partition coefficient (Wildman–Crippen LogP) is 8.33. The van der Waals surface area contributed by atoms with Crippen LogP contribution in [0.1, 0.15) is 87.7 Å². The SMILES string of the molecule is FCCCC1CCC(C2(C(c3ccccc3)c3ccccc3)CCCCC2)CC1. The molecule has 2 aromatic rings. The van der Waals surface area contributed by atoms with Gasteiger partial charge in [0.2, 0.25) is 0 Å². The number of rotatable bonds is 7. The van der Waals surface area contributed by atoms with E-state index in [1.165, 1.54) is 68.9 Å². The summed E-state index contributed by atoms with van der Waals surface area (Å²) in [5, 5.41) is 0. The summed E-state index contributed by atoms with van der Waals surface area (Å²) in [5.41, 5.74) is 3.38. The van der Waals surface area contributed by atoms with E-state index in [0.29, 0.717) is 11.3 Å². The molecular weight excluding hydrogens is 355 g/mol. The second kappa shape index (κ2) is 9.92. The Bertz CT molecular complexity index is 669. The minimum absolute atomic E-state index is 0.145. The number of halogens is 1. The zero-order valence-electron chi connectivity index (χ0n) is 17.9. The molecule has 2 aliphatic rings. The lowest BCUT2D eigenvalue weighted by Crippen LogP contribution is -2.41. The van der Waals surface area contributed by atoms with Crippen LogP contribution in [-0.2, 0) is 0 Å². The molecule has 0 atom stereocenters. The van der Waals surface area contributed by atoms with E-state index < -0.39 is 0 Å². The van der Waals surface area contributed by atoms with Crippen LogP contribution in [0.4, 0.5) is 4.39 Å². The first kappa shape index (κ1) is 20.6. The van der Waals surface area contributed by atoms with Crippen molar-refractivity contribution in [2.45, 2.75) is 76.5 Å². The molecule has 0 spiro atoms. The normalized spacial score (nSPS) is 24.5. The van der Waals surface area contributed by atoms with Crippen molar-refractivity contribution in [3.8, 4) is 0 Å². The summed E-state index contributed by atoms with van der Waals surface area (Å²) in [4.78, 5) is 0. The lowest BCUT2D eigenvalue weighted by Gasteiger charge is -2.52. The van der Waals surface area contributed by atoms with E-state index in [9.17, 15) is 4.39 Å². The number of benzene rings is 2. The van der Waals surface area contributed by atoms with Gasteiger partial charge in [-0.3, -0.25) is 4.39 Å². The Labute approximate surface area is 176 Å². The molecule has 2 fully saturated rings. The fourth-order valence-electron chi connectivity index (χ4n) is 6.68. The van der Waals surface area contributed by atoms with Gasteiger partial charge in [0, 0.05) is 5.92 Å². The minimum Gasteiger partial charge on any atom is -0.251 e. The summed E-state index contributed by atoms with van der Waals surface area (Å²) in [6.07, 6.45) is 14.0. The molecule has 2 aliphatic carbocycles. The van der Waals surface area contributed by atoms with Crippen molar-refractivity contribution in [2.24, 2.45) is 17.3 Å². The smallest absolute Gasteiger partial charge is 0.0894 e. The van der Waals surface area contributed by atoms with Crippen LogP contribution in [-0.4, -0.2) is 6.67 Å². The monoisotopic (exact) mass is 392 g/mol. The molecule has 0 aliphatic heterocycles. The van der Waals surface area contributed by atoms with Crippen LogP contribution in [0.3, 0.4) is 0 Å². The Hall–Kier alpha value is -1.63. The molecule has 4 rings (SSSR count). The minimum atomic E-state index is -0.145. The van der Waals surface area contributed by atoms with Gasteiger partial charge in [-0.2, -0.15) is 0 Å². The third kappa shape index (κ3) is 4.60. The molecule has 2 aromatic carbocycles. The average molecular weight is 393 g/mol. The van der Waals surface area contributed by atoms with E-state index in [4.69, 9.17) is 0 Å². The first-order chi connectivity index (χ1) is 14.3. The molecule has 0 aromatic heterocycles. The van der Waals surface area contributed by atoms with Crippen LogP contribution in [0.25, 0.3) is 0 Å². The number of hydrogen-bond acceptors (Lipinski definition) is 0. The van der Waals surface area contributed by atoms with Crippen LogP contribution < -0.4 is 0 Å². The summed E-state index contributed by atoms with van der Waals surface area (Å²) in [6, 6.07) is 22.6.